The topological polar surface area (TPSA) is 44.5 Å². The van der Waals surface area contributed by atoms with E-state index in [0.717, 1.165) is 29.0 Å². The lowest BCUT2D eigenvalue weighted by Gasteiger charge is -2.11. The molecule has 0 saturated heterocycles. The summed E-state index contributed by atoms with van der Waals surface area (Å²) in [6.07, 6.45) is 1.00. The van der Waals surface area contributed by atoms with Gasteiger partial charge >= 0.3 is 0 Å². The van der Waals surface area contributed by atoms with E-state index in [1.807, 2.05) is 24.3 Å². The van der Waals surface area contributed by atoms with E-state index in [-0.39, 0.29) is 23.1 Å². The fourth-order valence-electron chi connectivity index (χ4n) is 2.47. The number of ether oxygens (including phenoxy) is 2. The van der Waals surface area contributed by atoms with E-state index >= 15 is 0 Å². The van der Waals surface area contributed by atoms with Gasteiger partial charge in [0.25, 0.3) is 0 Å². The molecule has 3 nitrogen and oxygen atoms in total. The third-order valence-electron chi connectivity index (χ3n) is 3.49. The number of fused-ring (bicyclic) bond motifs is 1. The molecule has 1 unspecified atom stereocenters. The van der Waals surface area contributed by atoms with Gasteiger partial charge in [0.1, 0.15) is 17.6 Å². The average Bonchev–Trinajstić information content (AvgIpc) is 2.90. The molecule has 0 spiro atoms. The van der Waals surface area contributed by atoms with Gasteiger partial charge in [-0.1, -0.05) is 30.3 Å². The minimum absolute atomic E-state index is 0. The number of hydrogen-bond acceptors (Lipinski definition) is 3. The highest BCUT2D eigenvalue weighted by molar-refractivity contribution is 8.93. The van der Waals surface area contributed by atoms with Crippen LogP contribution >= 0.6 is 17.0 Å². The van der Waals surface area contributed by atoms with Gasteiger partial charge in [0.2, 0.25) is 0 Å². The van der Waals surface area contributed by atoms with Crippen molar-refractivity contribution in [2.75, 3.05) is 13.7 Å². The van der Waals surface area contributed by atoms with Crippen molar-refractivity contribution in [3.8, 4) is 22.6 Å². The first-order valence-electron chi connectivity index (χ1n) is 6.45. The standard InChI is InChI=1S/C16H17NO2.BrH/c1-18-13-7-5-11(6-8-13)15-4-2-3-12-9-14(10-17)19-16(12)15;/h2-8,14H,9-10,17H2,1H3;1H. The fourth-order valence-corrected chi connectivity index (χ4v) is 2.47. The lowest BCUT2D eigenvalue weighted by molar-refractivity contribution is 0.242. The Morgan fingerprint density at radius 1 is 1.20 bits per heavy atom. The normalized spacial score (nSPS) is 16.0. The second-order valence-electron chi connectivity index (χ2n) is 4.70. The van der Waals surface area contributed by atoms with Crippen molar-refractivity contribution in [2.45, 2.75) is 12.5 Å². The molecule has 106 valence electrons. The maximum absolute atomic E-state index is 5.94. The minimum atomic E-state index is 0. The molecule has 3 rings (SSSR count). The van der Waals surface area contributed by atoms with Gasteiger partial charge in [0, 0.05) is 18.5 Å². The van der Waals surface area contributed by atoms with Crippen LogP contribution in [-0.2, 0) is 6.42 Å². The summed E-state index contributed by atoms with van der Waals surface area (Å²) in [5.41, 5.74) is 9.19. The molecule has 20 heavy (non-hydrogen) atoms. The van der Waals surface area contributed by atoms with Gasteiger partial charge in [-0.15, -0.1) is 17.0 Å². The molecular formula is C16H18BrNO2. The number of benzene rings is 2. The summed E-state index contributed by atoms with van der Waals surface area (Å²) in [4.78, 5) is 0. The zero-order valence-electron chi connectivity index (χ0n) is 11.3. The van der Waals surface area contributed by atoms with Crippen LogP contribution in [0.2, 0.25) is 0 Å². The Morgan fingerprint density at radius 2 is 1.95 bits per heavy atom. The molecule has 1 aliphatic heterocycles. The first-order chi connectivity index (χ1) is 9.31. The van der Waals surface area contributed by atoms with E-state index in [1.54, 1.807) is 7.11 Å². The fraction of sp³-hybridized carbons (Fsp3) is 0.250. The third kappa shape index (κ3) is 2.67. The number of para-hydroxylation sites is 1. The van der Waals surface area contributed by atoms with E-state index in [4.69, 9.17) is 15.2 Å². The quantitative estimate of drug-likeness (QED) is 0.936. The van der Waals surface area contributed by atoms with E-state index < -0.39 is 0 Å². The maximum atomic E-state index is 5.94. The summed E-state index contributed by atoms with van der Waals surface area (Å²) in [5.74, 6) is 1.83. The van der Waals surface area contributed by atoms with E-state index in [2.05, 4.69) is 18.2 Å². The molecule has 1 aliphatic rings. The summed E-state index contributed by atoms with van der Waals surface area (Å²) in [6, 6.07) is 14.3. The van der Waals surface area contributed by atoms with Crippen LogP contribution in [-0.4, -0.2) is 19.8 Å². The second kappa shape index (κ2) is 6.29. The average molecular weight is 336 g/mol. The molecule has 0 bridgehead atoms. The first-order valence-corrected chi connectivity index (χ1v) is 6.45. The molecule has 4 heteroatoms. The van der Waals surface area contributed by atoms with Gasteiger partial charge in [-0.2, -0.15) is 0 Å². The zero-order chi connectivity index (χ0) is 13.2. The molecular weight excluding hydrogens is 318 g/mol. The Kier molecular flexibility index (Phi) is 4.68. The number of hydrogen-bond donors (Lipinski definition) is 1. The summed E-state index contributed by atoms with van der Waals surface area (Å²) in [7, 11) is 1.67. The number of nitrogens with two attached hydrogens (primary N) is 1. The molecule has 2 N–H and O–H groups in total. The number of halogens is 1. The Morgan fingerprint density at radius 3 is 2.60 bits per heavy atom. The summed E-state index contributed by atoms with van der Waals surface area (Å²) in [6.45, 7) is 0.552. The van der Waals surface area contributed by atoms with E-state index in [0.29, 0.717) is 6.54 Å². The highest BCUT2D eigenvalue weighted by Crippen LogP contribution is 2.38. The Balaban J connectivity index is 0.00000147. The second-order valence-corrected chi connectivity index (χ2v) is 4.70. The van der Waals surface area contributed by atoms with Gasteiger partial charge < -0.3 is 15.2 Å². The summed E-state index contributed by atoms with van der Waals surface area (Å²) < 4.78 is 11.1. The SMILES string of the molecule is Br.COc1ccc(-c2cccc3c2OC(CN)C3)cc1. The molecule has 0 fully saturated rings. The van der Waals surface area contributed by atoms with Crippen LogP contribution in [0.1, 0.15) is 5.56 Å². The van der Waals surface area contributed by atoms with E-state index in [9.17, 15) is 0 Å². The summed E-state index contributed by atoms with van der Waals surface area (Å²) >= 11 is 0. The van der Waals surface area contributed by atoms with Crippen molar-refractivity contribution in [1.29, 1.82) is 0 Å². The van der Waals surface area contributed by atoms with Crippen molar-refractivity contribution in [1.82, 2.24) is 0 Å². The molecule has 0 aliphatic carbocycles. The lowest BCUT2D eigenvalue weighted by atomic mass is 10.0. The van der Waals surface area contributed by atoms with Crippen LogP contribution in [0.5, 0.6) is 11.5 Å². The van der Waals surface area contributed by atoms with Gasteiger partial charge in [-0.3, -0.25) is 0 Å². The lowest BCUT2D eigenvalue weighted by Crippen LogP contribution is -2.24. The van der Waals surface area contributed by atoms with Crippen LogP contribution in [0, 0.1) is 0 Å². The van der Waals surface area contributed by atoms with Crippen molar-refractivity contribution in [3.63, 3.8) is 0 Å². The van der Waals surface area contributed by atoms with Crippen molar-refractivity contribution in [2.24, 2.45) is 5.73 Å². The molecule has 1 atom stereocenters. The summed E-state index contributed by atoms with van der Waals surface area (Å²) in [5, 5.41) is 0. The van der Waals surface area contributed by atoms with E-state index in [1.165, 1.54) is 5.56 Å². The van der Waals surface area contributed by atoms with Crippen LogP contribution < -0.4 is 15.2 Å². The van der Waals surface area contributed by atoms with Gasteiger partial charge in [0.15, 0.2) is 0 Å². The molecule has 0 amide bonds. The van der Waals surface area contributed by atoms with Crippen LogP contribution in [0.25, 0.3) is 11.1 Å². The number of methoxy groups -OCH3 is 1. The van der Waals surface area contributed by atoms with Crippen LogP contribution in [0.15, 0.2) is 42.5 Å². The molecule has 2 aromatic rings. The number of rotatable bonds is 3. The highest BCUT2D eigenvalue weighted by atomic mass is 79.9. The predicted octanol–water partition coefficient (Wildman–Crippen LogP) is 3.20. The smallest absolute Gasteiger partial charge is 0.130 e. The minimum Gasteiger partial charge on any atom is -0.497 e. The Labute approximate surface area is 129 Å². The van der Waals surface area contributed by atoms with Gasteiger partial charge in [-0.05, 0) is 23.3 Å². The Hall–Kier alpha value is -1.52. The van der Waals surface area contributed by atoms with Crippen molar-refractivity contribution in [3.05, 3.63) is 48.0 Å². The van der Waals surface area contributed by atoms with Gasteiger partial charge in [0.05, 0.1) is 7.11 Å². The molecule has 0 saturated carbocycles. The van der Waals surface area contributed by atoms with Crippen LogP contribution in [0.4, 0.5) is 0 Å². The molecule has 1 heterocycles. The van der Waals surface area contributed by atoms with Crippen LogP contribution in [0.3, 0.4) is 0 Å². The molecule has 0 aromatic heterocycles. The van der Waals surface area contributed by atoms with Gasteiger partial charge in [-0.25, -0.2) is 0 Å². The zero-order valence-corrected chi connectivity index (χ0v) is 13.0. The maximum Gasteiger partial charge on any atom is 0.130 e. The predicted molar refractivity (Wildman–Crippen MR) is 85.9 cm³/mol. The molecule has 0 radical (unpaired) electrons. The highest BCUT2D eigenvalue weighted by Gasteiger charge is 2.24. The van der Waals surface area contributed by atoms with Crippen molar-refractivity contribution >= 4 is 17.0 Å². The largest absolute Gasteiger partial charge is 0.497 e. The third-order valence-corrected chi connectivity index (χ3v) is 3.49. The van der Waals surface area contributed by atoms with Crippen molar-refractivity contribution < 1.29 is 9.47 Å². The molecule has 2 aromatic carbocycles. The monoisotopic (exact) mass is 335 g/mol. The first kappa shape index (κ1) is 14.9. The Bertz CT molecular complexity index is 584.